The average Bonchev–Trinajstić information content (AvgIpc) is 2.61. The summed E-state index contributed by atoms with van der Waals surface area (Å²) in [6, 6.07) is 8.01. The highest BCUT2D eigenvalue weighted by molar-refractivity contribution is 7.90. The Hall–Kier alpha value is -1.40. The molecule has 0 radical (unpaired) electrons. The molecule has 5 nitrogen and oxygen atoms in total. The molecular formula is C20H32N2O3S. The molecule has 1 fully saturated rings. The molecule has 1 aromatic rings. The molecule has 2 N–H and O–H groups in total. The number of hydrogen-bond acceptors (Lipinski definition) is 3. The molecule has 1 aliphatic carbocycles. The van der Waals surface area contributed by atoms with Gasteiger partial charge in [-0.15, -0.1) is 0 Å². The molecule has 0 aromatic heterocycles. The third-order valence-electron chi connectivity index (χ3n) is 5.41. The quantitative estimate of drug-likeness (QED) is 0.750. The number of hydrogen-bond donors (Lipinski definition) is 2. The molecule has 0 heterocycles. The molecule has 0 aliphatic heterocycles. The SMILES string of the molecule is CCC(C)c1ccc(NC(=O)[C@H]2CC[C@H](NS(=O)(=O)C(C)C)CC2)cc1. The first kappa shape index (κ1) is 20.9. The van der Waals surface area contributed by atoms with E-state index in [1.54, 1.807) is 13.8 Å². The van der Waals surface area contributed by atoms with Crippen LogP contribution in [0, 0.1) is 5.92 Å². The maximum atomic E-state index is 12.5. The number of amides is 1. The van der Waals surface area contributed by atoms with Crippen molar-refractivity contribution in [3.8, 4) is 0 Å². The second-order valence-corrected chi connectivity index (χ2v) is 9.95. The van der Waals surface area contributed by atoms with Crippen molar-refractivity contribution < 1.29 is 13.2 Å². The van der Waals surface area contributed by atoms with Crippen LogP contribution in [0.4, 0.5) is 5.69 Å². The number of nitrogens with one attached hydrogen (secondary N) is 2. The van der Waals surface area contributed by atoms with E-state index in [1.165, 1.54) is 5.56 Å². The molecule has 1 aromatic carbocycles. The summed E-state index contributed by atoms with van der Waals surface area (Å²) in [6.45, 7) is 7.71. The predicted octanol–water partition coefficient (Wildman–Crippen LogP) is 4.03. The van der Waals surface area contributed by atoms with Crippen LogP contribution in [-0.2, 0) is 14.8 Å². The van der Waals surface area contributed by atoms with Gasteiger partial charge in [-0.1, -0.05) is 26.0 Å². The fourth-order valence-electron chi connectivity index (χ4n) is 3.22. The normalized spacial score (nSPS) is 22.2. The van der Waals surface area contributed by atoms with E-state index in [-0.39, 0.29) is 17.9 Å². The van der Waals surface area contributed by atoms with Gasteiger partial charge in [-0.3, -0.25) is 4.79 Å². The zero-order valence-corrected chi connectivity index (χ0v) is 17.1. The minimum Gasteiger partial charge on any atom is -0.326 e. The highest BCUT2D eigenvalue weighted by Crippen LogP contribution is 2.27. The first-order chi connectivity index (χ1) is 12.2. The van der Waals surface area contributed by atoms with Crippen LogP contribution in [0.15, 0.2) is 24.3 Å². The summed E-state index contributed by atoms with van der Waals surface area (Å²) in [7, 11) is -3.25. The fourth-order valence-corrected chi connectivity index (χ4v) is 4.19. The lowest BCUT2D eigenvalue weighted by Crippen LogP contribution is -2.42. The van der Waals surface area contributed by atoms with E-state index < -0.39 is 15.3 Å². The molecule has 2 rings (SSSR count). The van der Waals surface area contributed by atoms with E-state index in [0.29, 0.717) is 31.6 Å². The highest BCUT2D eigenvalue weighted by atomic mass is 32.2. The summed E-state index contributed by atoms with van der Waals surface area (Å²) in [5.41, 5.74) is 2.10. The van der Waals surface area contributed by atoms with E-state index in [1.807, 2.05) is 12.1 Å². The lowest BCUT2D eigenvalue weighted by atomic mass is 9.86. The lowest BCUT2D eigenvalue weighted by molar-refractivity contribution is -0.120. The van der Waals surface area contributed by atoms with Crippen molar-refractivity contribution in [2.24, 2.45) is 5.92 Å². The first-order valence-electron chi connectivity index (χ1n) is 9.65. The van der Waals surface area contributed by atoms with Gasteiger partial charge < -0.3 is 5.32 Å². The maximum Gasteiger partial charge on any atom is 0.227 e. The van der Waals surface area contributed by atoms with Crippen molar-refractivity contribution in [2.75, 3.05) is 5.32 Å². The average molecular weight is 381 g/mol. The summed E-state index contributed by atoms with van der Waals surface area (Å²) in [4.78, 5) is 12.5. The van der Waals surface area contributed by atoms with Gasteiger partial charge in [0.2, 0.25) is 15.9 Å². The monoisotopic (exact) mass is 380 g/mol. The van der Waals surface area contributed by atoms with Crippen LogP contribution in [0.5, 0.6) is 0 Å². The number of carbonyl (C=O) groups excluding carboxylic acids is 1. The Kier molecular flexibility index (Phi) is 7.24. The molecule has 0 saturated heterocycles. The van der Waals surface area contributed by atoms with Gasteiger partial charge in [0.1, 0.15) is 0 Å². The minimum atomic E-state index is -3.25. The molecular weight excluding hydrogens is 348 g/mol. The Morgan fingerprint density at radius 1 is 1.08 bits per heavy atom. The smallest absolute Gasteiger partial charge is 0.227 e. The first-order valence-corrected chi connectivity index (χ1v) is 11.2. The van der Waals surface area contributed by atoms with Crippen molar-refractivity contribution in [1.82, 2.24) is 4.72 Å². The fraction of sp³-hybridized carbons (Fsp3) is 0.650. The summed E-state index contributed by atoms with van der Waals surface area (Å²) in [6.07, 6.45) is 3.92. The molecule has 1 atom stereocenters. The molecule has 6 heteroatoms. The second-order valence-electron chi connectivity index (χ2n) is 7.68. The summed E-state index contributed by atoms with van der Waals surface area (Å²) >= 11 is 0. The number of benzene rings is 1. The van der Waals surface area contributed by atoms with Crippen LogP contribution in [-0.4, -0.2) is 25.6 Å². The van der Waals surface area contributed by atoms with Crippen molar-refractivity contribution in [3.05, 3.63) is 29.8 Å². The second kappa shape index (κ2) is 9.00. The van der Waals surface area contributed by atoms with Gasteiger partial charge >= 0.3 is 0 Å². The van der Waals surface area contributed by atoms with Crippen molar-refractivity contribution in [2.45, 2.75) is 77.0 Å². The van der Waals surface area contributed by atoms with E-state index in [9.17, 15) is 13.2 Å². The Balaban J connectivity index is 1.85. The maximum absolute atomic E-state index is 12.5. The van der Waals surface area contributed by atoms with Gasteiger partial charge in [0.15, 0.2) is 0 Å². The van der Waals surface area contributed by atoms with Crippen LogP contribution in [0.3, 0.4) is 0 Å². The molecule has 1 aliphatic rings. The van der Waals surface area contributed by atoms with Crippen molar-refractivity contribution >= 4 is 21.6 Å². The van der Waals surface area contributed by atoms with Crippen LogP contribution in [0.1, 0.15) is 71.3 Å². The molecule has 1 amide bonds. The van der Waals surface area contributed by atoms with E-state index >= 15 is 0 Å². The molecule has 0 spiro atoms. The Morgan fingerprint density at radius 3 is 2.15 bits per heavy atom. The third-order valence-corrected chi connectivity index (χ3v) is 7.31. The van der Waals surface area contributed by atoms with Gasteiger partial charge in [0.25, 0.3) is 0 Å². The van der Waals surface area contributed by atoms with Gasteiger partial charge in [-0.05, 0) is 69.6 Å². The van der Waals surface area contributed by atoms with Crippen LogP contribution >= 0.6 is 0 Å². The van der Waals surface area contributed by atoms with Crippen LogP contribution in [0.2, 0.25) is 0 Å². The Bertz CT molecular complexity index is 690. The topological polar surface area (TPSA) is 75.3 Å². The largest absolute Gasteiger partial charge is 0.326 e. The molecule has 1 saturated carbocycles. The molecule has 146 valence electrons. The molecule has 0 bridgehead atoms. The van der Waals surface area contributed by atoms with E-state index in [2.05, 4.69) is 36.0 Å². The number of anilines is 1. The van der Waals surface area contributed by atoms with Crippen LogP contribution < -0.4 is 10.0 Å². The molecule has 1 unspecified atom stereocenters. The van der Waals surface area contributed by atoms with E-state index in [0.717, 1.165) is 12.1 Å². The van der Waals surface area contributed by atoms with E-state index in [4.69, 9.17) is 0 Å². The lowest BCUT2D eigenvalue weighted by Gasteiger charge is -2.28. The minimum absolute atomic E-state index is 0.0338. The Labute approximate surface area is 158 Å². The third kappa shape index (κ3) is 5.55. The molecule has 26 heavy (non-hydrogen) atoms. The summed E-state index contributed by atoms with van der Waals surface area (Å²) in [5, 5.41) is 2.57. The van der Waals surface area contributed by atoms with Gasteiger partial charge in [0, 0.05) is 17.6 Å². The van der Waals surface area contributed by atoms with Crippen molar-refractivity contribution in [3.63, 3.8) is 0 Å². The van der Waals surface area contributed by atoms with Crippen molar-refractivity contribution in [1.29, 1.82) is 0 Å². The van der Waals surface area contributed by atoms with Crippen LogP contribution in [0.25, 0.3) is 0 Å². The zero-order chi connectivity index (χ0) is 19.3. The number of carbonyl (C=O) groups is 1. The standard InChI is InChI=1S/C20H32N2O3S/c1-5-15(4)16-6-10-18(11-7-16)21-20(23)17-8-12-19(13-9-17)22-26(24,25)14(2)3/h6-7,10-11,14-15,17,19,22H,5,8-9,12-13H2,1-4H3,(H,21,23)/t15?,17-,19-. The highest BCUT2D eigenvalue weighted by Gasteiger charge is 2.29. The Morgan fingerprint density at radius 2 is 1.65 bits per heavy atom. The predicted molar refractivity (Wildman–Crippen MR) is 107 cm³/mol. The summed E-state index contributed by atoms with van der Waals surface area (Å²) in [5.74, 6) is 0.500. The van der Waals surface area contributed by atoms with Gasteiger partial charge in [-0.25, -0.2) is 13.1 Å². The van der Waals surface area contributed by atoms with Gasteiger partial charge in [0.05, 0.1) is 5.25 Å². The number of sulfonamides is 1. The van der Waals surface area contributed by atoms with Gasteiger partial charge in [-0.2, -0.15) is 0 Å². The zero-order valence-electron chi connectivity index (χ0n) is 16.3. The number of rotatable bonds is 7. The summed E-state index contributed by atoms with van der Waals surface area (Å²) < 4.78 is 26.7.